The van der Waals surface area contributed by atoms with E-state index < -0.39 is 17.5 Å². The largest absolute Gasteiger partial charge is 0.497 e. The first kappa shape index (κ1) is 25.3. The van der Waals surface area contributed by atoms with Crippen molar-refractivity contribution in [3.63, 3.8) is 0 Å². The molecule has 0 aliphatic carbocycles. The second-order valence-electron chi connectivity index (χ2n) is 9.94. The molecule has 0 radical (unpaired) electrons. The van der Waals surface area contributed by atoms with Crippen LogP contribution in [-0.4, -0.2) is 77.8 Å². The van der Waals surface area contributed by atoms with Crippen LogP contribution in [-0.2, 0) is 11.3 Å². The lowest BCUT2D eigenvalue weighted by Gasteiger charge is -2.41. The molecule has 5 rings (SSSR count). The summed E-state index contributed by atoms with van der Waals surface area (Å²) in [5, 5.41) is 17.0. The van der Waals surface area contributed by atoms with Crippen molar-refractivity contribution in [2.24, 2.45) is 0 Å². The average Bonchev–Trinajstić information content (AvgIpc) is 3.36. The van der Waals surface area contributed by atoms with Crippen LogP contribution in [0.15, 0.2) is 42.5 Å². The van der Waals surface area contributed by atoms with Gasteiger partial charge in [0.1, 0.15) is 11.6 Å². The van der Waals surface area contributed by atoms with Crippen LogP contribution >= 0.6 is 0 Å². The molecule has 2 saturated heterocycles. The van der Waals surface area contributed by atoms with E-state index in [1.54, 1.807) is 24.3 Å². The number of benzene rings is 2. The zero-order valence-corrected chi connectivity index (χ0v) is 21.6. The highest BCUT2D eigenvalue weighted by atomic mass is 16.5. The number of piperazine rings is 1. The standard InChI is InChI=1S/C28H30N6O4/c1-17-13-30-14-18(2)34(17)24(29)20-6-4-19(5-7-20)10-11-28(26(36)31-27(37)32-28)16-33-15-21-8-9-22(38-3)12-23(21)25(33)35/h4-9,12,17-18,29-30H,13-16H2,1-3H3,(H2,31,32,36,37). The van der Waals surface area contributed by atoms with Crippen molar-refractivity contribution in [2.75, 3.05) is 26.7 Å². The van der Waals surface area contributed by atoms with E-state index in [4.69, 9.17) is 10.1 Å². The van der Waals surface area contributed by atoms with Crippen LogP contribution < -0.4 is 20.7 Å². The van der Waals surface area contributed by atoms with Crippen LogP contribution in [0.3, 0.4) is 0 Å². The van der Waals surface area contributed by atoms with Gasteiger partial charge in [-0.15, -0.1) is 0 Å². The number of hydrogen-bond donors (Lipinski definition) is 4. The Morgan fingerprint density at radius 3 is 2.45 bits per heavy atom. The molecule has 3 atom stereocenters. The number of amidine groups is 1. The Bertz CT molecular complexity index is 1370. The molecule has 4 amide bonds. The van der Waals surface area contributed by atoms with E-state index in [1.807, 2.05) is 18.2 Å². The molecule has 10 heteroatoms. The maximum Gasteiger partial charge on any atom is 0.323 e. The van der Waals surface area contributed by atoms with Crippen molar-refractivity contribution in [1.29, 1.82) is 5.41 Å². The van der Waals surface area contributed by atoms with Gasteiger partial charge in [-0.05, 0) is 43.7 Å². The highest BCUT2D eigenvalue weighted by Gasteiger charge is 2.48. The predicted octanol–water partition coefficient (Wildman–Crippen LogP) is 1.29. The van der Waals surface area contributed by atoms with E-state index in [2.05, 4.69) is 46.5 Å². The van der Waals surface area contributed by atoms with E-state index in [0.29, 0.717) is 29.3 Å². The number of carbonyl (C=O) groups is 3. The predicted molar refractivity (Wildman–Crippen MR) is 141 cm³/mol. The number of hydrogen-bond acceptors (Lipinski definition) is 6. The first-order valence-corrected chi connectivity index (χ1v) is 12.5. The number of nitrogens with one attached hydrogen (secondary N) is 4. The lowest BCUT2D eigenvalue weighted by Crippen LogP contribution is -2.57. The van der Waals surface area contributed by atoms with Crippen LogP contribution in [0, 0.1) is 17.3 Å². The number of carbonyl (C=O) groups excluding carboxylic acids is 3. The van der Waals surface area contributed by atoms with Crippen molar-refractivity contribution in [1.82, 2.24) is 25.8 Å². The van der Waals surface area contributed by atoms with Crippen molar-refractivity contribution >= 4 is 23.7 Å². The number of nitrogens with zero attached hydrogens (tertiary/aromatic N) is 2. The second-order valence-corrected chi connectivity index (χ2v) is 9.94. The zero-order valence-electron chi connectivity index (χ0n) is 21.6. The molecular weight excluding hydrogens is 484 g/mol. The van der Waals surface area contributed by atoms with E-state index in [0.717, 1.165) is 24.2 Å². The summed E-state index contributed by atoms with van der Waals surface area (Å²) >= 11 is 0. The molecule has 0 spiro atoms. The molecule has 0 aromatic heterocycles. The van der Waals surface area contributed by atoms with Gasteiger partial charge in [0.05, 0.1) is 13.7 Å². The average molecular weight is 515 g/mol. The van der Waals surface area contributed by atoms with Gasteiger partial charge in [0.15, 0.2) is 0 Å². The molecule has 10 nitrogen and oxygen atoms in total. The molecule has 38 heavy (non-hydrogen) atoms. The number of methoxy groups -OCH3 is 1. The highest BCUT2D eigenvalue weighted by Crippen LogP contribution is 2.28. The van der Waals surface area contributed by atoms with E-state index >= 15 is 0 Å². The van der Waals surface area contributed by atoms with Gasteiger partial charge in [-0.25, -0.2) is 4.79 Å². The zero-order chi connectivity index (χ0) is 27.0. The number of rotatable bonds is 4. The normalized spacial score (nSPS) is 24.3. The fourth-order valence-corrected chi connectivity index (χ4v) is 5.22. The molecule has 0 bridgehead atoms. The molecule has 2 aromatic rings. The first-order chi connectivity index (χ1) is 18.2. The van der Waals surface area contributed by atoms with Gasteiger partial charge in [0, 0.05) is 48.4 Å². The molecule has 0 saturated carbocycles. The van der Waals surface area contributed by atoms with Crippen LogP contribution in [0.2, 0.25) is 0 Å². The third kappa shape index (κ3) is 4.57. The second kappa shape index (κ2) is 9.84. The molecule has 3 aliphatic rings. The van der Waals surface area contributed by atoms with Gasteiger partial charge in [-0.1, -0.05) is 30.0 Å². The summed E-state index contributed by atoms with van der Waals surface area (Å²) in [6, 6.07) is 12.3. The van der Waals surface area contributed by atoms with E-state index in [9.17, 15) is 14.4 Å². The van der Waals surface area contributed by atoms with Gasteiger partial charge in [-0.3, -0.25) is 20.3 Å². The highest BCUT2D eigenvalue weighted by molar-refractivity contribution is 6.10. The molecular formula is C28H30N6O4. The topological polar surface area (TPSA) is 127 Å². The number of ether oxygens (including phenoxy) is 1. The number of imide groups is 1. The number of urea groups is 1. The summed E-state index contributed by atoms with van der Waals surface area (Å²) in [5.74, 6) is 6.08. The molecule has 3 heterocycles. The van der Waals surface area contributed by atoms with Crippen LogP contribution in [0.1, 0.15) is 40.9 Å². The quantitative estimate of drug-likeness (QED) is 0.211. The maximum atomic E-state index is 13.1. The van der Waals surface area contributed by atoms with Crippen LogP contribution in [0.4, 0.5) is 4.79 Å². The Kier molecular flexibility index (Phi) is 6.55. The summed E-state index contributed by atoms with van der Waals surface area (Å²) in [6.07, 6.45) is 0. The van der Waals surface area contributed by atoms with Crippen LogP contribution in [0.5, 0.6) is 5.75 Å². The first-order valence-electron chi connectivity index (χ1n) is 12.5. The van der Waals surface area contributed by atoms with Crippen molar-refractivity contribution in [2.45, 2.75) is 38.0 Å². The fraction of sp³-hybridized carbons (Fsp3) is 0.357. The molecule has 2 aromatic carbocycles. The summed E-state index contributed by atoms with van der Waals surface area (Å²) in [4.78, 5) is 41.7. The van der Waals surface area contributed by atoms with Crippen molar-refractivity contribution < 1.29 is 19.1 Å². The molecule has 3 unspecified atom stereocenters. The maximum absolute atomic E-state index is 13.1. The fourth-order valence-electron chi connectivity index (χ4n) is 5.22. The Labute approximate surface area is 221 Å². The lowest BCUT2D eigenvalue weighted by molar-refractivity contribution is -0.122. The molecule has 2 fully saturated rings. The summed E-state index contributed by atoms with van der Waals surface area (Å²) in [6.45, 7) is 6.03. The third-order valence-corrected chi connectivity index (χ3v) is 7.23. The number of amides is 4. The summed E-state index contributed by atoms with van der Waals surface area (Å²) in [5.41, 5.74) is 1.12. The minimum atomic E-state index is -1.59. The molecule has 3 aliphatic heterocycles. The Hall–Kier alpha value is -4.36. The van der Waals surface area contributed by atoms with E-state index in [-0.39, 0.29) is 24.5 Å². The third-order valence-electron chi connectivity index (χ3n) is 7.23. The van der Waals surface area contributed by atoms with Gasteiger partial charge in [0.2, 0.25) is 5.54 Å². The minimum absolute atomic E-state index is 0.102. The molecule has 196 valence electrons. The van der Waals surface area contributed by atoms with Gasteiger partial charge in [0.25, 0.3) is 11.8 Å². The molecule has 4 N–H and O–H groups in total. The van der Waals surface area contributed by atoms with Gasteiger partial charge >= 0.3 is 6.03 Å². The minimum Gasteiger partial charge on any atom is -0.497 e. The van der Waals surface area contributed by atoms with Crippen molar-refractivity contribution in [3.05, 3.63) is 64.7 Å². The lowest BCUT2D eigenvalue weighted by atomic mass is 9.98. The number of fused-ring (bicyclic) bond motifs is 1. The van der Waals surface area contributed by atoms with Gasteiger partial charge in [-0.2, -0.15) is 0 Å². The van der Waals surface area contributed by atoms with Crippen molar-refractivity contribution in [3.8, 4) is 17.6 Å². The Morgan fingerprint density at radius 1 is 1.11 bits per heavy atom. The smallest absolute Gasteiger partial charge is 0.323 e. The van der Waals surface area contributed by atoms with Crippen LogP contribution in [0.25, 0.3) is 0 Å². The Morgan fingerprint density at radius 2 is 1.82 bits per heavy atom. The Balaban J connectivity index is 1.36. The SMILES string of the molecule is COc1ccc2c(c1)C(=O)N(CC1(C#Cc3ccc(C(=N)N4C(C)CNCC4C)cc3)NC(=O)NC1=O)C2. The summed E-state index contributed by atoms with van der Waals surface area (Å²) < 4.78 is 5.23. The monoisotopic (exact) mass is 514 g/mol. The summed E-state index contributed by atoms with van der Waals surface area (Å²) in [7, 11) is 1.53. The van der Waals surface area contributed by atoms with E-state index in [1.165, 1.54) is 12.0 Å². The van der Waals surface area contributed by atoms with Gasteiger partial charge < -0.3 is 25.2 Å².